The Kier molecular flexibility index (Phi) is 8.23. The number of carbonyl (C=O) groups excluding carboxylic acids is 2. The van der Waals surface area contributed by atoms with E-state index in [-0.39, 0.29) is 10.7 Å². The molecular weight excluding hydrogens is 508 g/mol. The highest BCUT2D eigenvalue weighted by atomic mass is 32.2. The van der Waals surface area contributed by atoms with Crippen LogP contribution in [0.2, 0.25) is 0 Å². The van der Waals surface area contributed by atoms with Crippen molar-refractivity contribution in [1.82, 2.24) is 9.29 Å². The van der Waals surface area contributed by atoms with E-state index in [0.29, 0.717) is 36.8 Å². The van der Waals surface area contributed by atoms with E-state index in [9.17, 15) is 18.0 Å². The lowest BCUT2D eigenvalue weighted by Gasteiger charge is -2.22. The summed E-state index contributed by atoms with van der Waals surface area (Å²) < 4.78 is 46.8. The van der Waals surface area contributed by atoms with Crippen LogP contribution in [-0.2, 0) is 26.1 Å². The van der Waals surface area contributed by atoms with Gasteiger partial charge in [0.25, 0.3) is 0 Å². The molecule has 0 radical (unpaired) electrons. The summed E-state index contributed by atoms with van der Waals surface area (Å²) in [5.74, 6) is -0.842. The Bertz CT molecular complexity index is 1430. The average molecular weight is 541 g/mol. The predicted octanol–water partition coefficient (Wildman–Crippen LogP) is 3.65. The second kappa shape index (κ2) is 11.4. The molecule has 0 bridgehead atoms. The summed E-state index contributed by atoms with van der Waals surface area (Å²) in [5, 5.41) is 0. The van der Waals surface area contributed by atoms with Crippen LogP contribution in [-0.4, -0.2) is 50.6 Å². The van der Waals surface area contributed by atoms with Crippen LogP contribution < -0.4 is 14.2 Å². The number of carbonyl (C=O) groups is 2. The fourth-order valence-corrected chi connectivity index (χ4v) is 5.63. The highest BCUT2D eigenvalue weighted by molar-refractivity contribution is 7.89. The van der Waals surface area contributed by atoms with Crippen molar-refractivity contribution < 1.29 is 32.2 Å². The number of hydrogen-bond donors (Lipinski definition) is 1. The largest absolute Gasteiger partial charge is 0.486 e. The fourth-order valence-electron chi connectivity index (χ4n) is 4.28. The predicted molar refractivity (Wildman–Crippen MR) is 141 cm³/mol. The lowest BCUT2D eigenvalue weighted by molar-refractivity contribution is -0.145. The summed E-state index contributed by atoms with van der Waals surface area (Å²) in [6.07, 6.45) is 0. The van der Waals surface area contributed by atoms with E-state index in [2.05, 4.69) is 4.72 Å². The zero-order valence-electron chi connectivity index (χ0n) is 21.9. The topological polar surface area (TPSA) is 113 Å². The standard InChI is InChI=1S/C28H32N2O7S/c1-18(2)27(29-38(33,34)22-10-11-25-26(15-22)36-13-12-35-25)28(32)37-17-24(31)23-14-19(3)30(20(23)4)16-21-8-6-5-7-9-21/h5-11,14-15,18,27,29H,12-13,16-17H2,1-4H3/t27-/m0/s1. The Hall–Kier alpha value is -3.63. The molecule has 202 valence electrons. The lowest BCUT2D eigenvalue weighted by atomic mass is 10.1. The van der Waals surface area contributed by atoms with Crippen LogP contribution in [0.1, 0.15) is 41.2 Å². The molecule has 1 aromatic heterocycles. The number of ketones is 1. The molecule has 2 heterocycles. The van der Waals surface area contributed by atoms with Crippen molar-refractivity contribution in [3.63, 3.8) is 0 Å². The van der Waals surface area contributed by atoms with E-state index in [1.807, 2.05) is 48.7 Å². The van der Waals surface area contributed by atoms with Gasteiger partial charge in [-0.15, -0.1) is 0 Å². The number of fused-ring (bicyclic) bond motifs is 1. The van der Waals surface area contributed by atoms with Crippen LogP contribution in [0, 0.1) is 19.8 Å². The molecule has 10 heteroatoms. The number of sulfonamides is 1. The highest BCUT2D eigenvalue weighted by Crippen LogP contribution is 2.32. The smallest absolute Gasteiger partial charge is 0.324 e. The van der Waals surface area contributed by atoms with Gasteiger partial charge in [0.2, 0.25) is 15.8 Å². The van der Waals surface area contributed by atoms with Gasteiger partial charge in [0.05, 0.1) is 4.90 Å². The van der Waals surface area contributed by atoms with E-state index >= 15 is 0 Å². The van der Waals surface area contributed by atoms with E-state index in [0.717, 1.165) is 17.0 Å². The lowest BCUT2D eigenvalue weighted by Crippen LogP contribution is -2.45. The molecule has 0 spiro atoms. The Morgan fingerprint density at radius 3 is 2.37 bits per heavy atom. The van der Waals surface area contributed by atoms with Crippen molar-refractivity contribution in [2.24, 2.45) is 5.92 Å². The maximum atomic E-state index is 13.0. The maximum Gasteiger partial charge on any atom is 0.324 e. The molecular formula is C28H32N2O7S. The molecule has 0 amide bonds. The molecule has 0 saturated heterocycles. The summed E-state index contributed by atoms with van der Waals surface area (Å²) in [4.78, 5) is 25.8. The Labute approximate surface area is 222 Å². The minimum atomic E-state index is -4.09. The minimum absolute atomic E-state index is 0.0675. The van der Waals surface area contributed by atoms with Crippen LogP contribution in [0.15, 0.2) is 59.5 Å². The summed E-state index contributed by atoms with van der Waals surface area (Å²) in [6.45, 7) is 7.96. The van der Waals surface area contributed by atoms with Crippen molar-refractivity contribution >= 4 is 21.8 Å². The second-order valence-corrected chi connectivity index (χ2v) is 11.2. The van der Waals surface area contributed by atoms with Crippen LogP contribution in [0.3, 0.4) is 0 Å². The zero-order chi connectivity index (χ0) is 27.4. The zero-order valence-corrected chi connectivity index (χ0v) is 22.7. The SMILES string of the molecule is Cc1cc(C(=O)COC(=O)[C@@H](NS(=O)(=O)c2ccc3c(c2)OCCO3)C(C)C)c(C)n1Cc1ccccc1. The van der Waals surface area contributed by atoms with Crippen LogP contribution >= 0.6 is 0 Å². The molecule has 0 fully saturated rings. The van der Waals surface area contributed by atoms with Crippen molar-refractivity contribution in [2.75, 3.05) is 19.8 Å². The first kappa shape index (κ1) is 27.4. The van der Waals surface area contributed by atoms with Gasteiger partial charge in [-0.25, -0.2) is 8.42 Å². The monoisotopic (exact) mass is 540 g/mol. The molecule has 9 nitrogen and oxygen atoms in total. The van der Waals surface area contributed by atoms with Gasteiger partial charge >= 0.3 is 5.97 Å². The minimum Gasteiger partial charge on any atom is -0.486 e. The third-order valence-corrected chi connectivity index (χ3v) is 7.87. The average Bonchev–Trinajstić information content (AvgIpc) is 3.18. The first-order chi connectivity index (χ1) is 18.1. The van der Waals surface area contributed by atoms with Gasteiger partial charge in [-0.05, 0) is 43.5 Å². The van der Waals surface area contributed by atoms with Crippen LogP contribution in [0.5, 0.6) is 11.5 Å². The van der Waals surface area contributed by atoms with E-state index < -0.39 is 34.6 Å². The number of benzene rings is 2. The normalized spacial score (nSPS) is 13.8. The third-order valence-electron chi connectivity index (χ3n) is 6.43. The number of ether oxygens (including phenoxy) is 3. The molecule has 0 aliphatic carbocycles. The summed E-state index contributed by atoms with van der Waals surface area (Å²) >= 11 is 0. The van der Waals surface area contributed by atoms with E-state index in [1.54, 1.807) is 19.9 Å². The maximum absolute atomic E-state index is 13.0. The van der Waals surface area contributed by atoms with Gasteiger partial charge in [-0.1, -0.05) is 44.2 Å². The van der Waals surface area contributed by atoms with Gasteiger partial charge in [0, 0.05) is 29.6 Å². The molecule has 1 atom stereocenters. The number of aromatic nitrogens is 1. The molecule has 4 rings (SSSR count). The van der Waals surface area contributed by atoms with Crippen molar-refractivity contribution in [3.8, 4) is 11.5 Å². The Morgan fingerprint density at radius 1 is 1.00 bits per heavy atom. The molecule has 0 unspecified atom stereocenters. The van der Waals surface area contributed by atoms with Crippen LogP contribution in [0.25, 0.3) is 0 Å². The van der Waals surface area contributed by atoms with Crippen molar-refractivity contribution in [2.45, 2.75) is 45.2 Å². The summed E-state index contributed by atoms with van der Waals surface area (Å²) in [5.41, 5.74) is 3.24. The van der Waals surface area contributed by atoms with E-state index in [4.69, 9.17) is 14.2 Å². The van der Waals surface area contributed by atoms with Gasteiger partial charge in [0.1, 0.15) is 19.3 Å². The van der Waals surface area contributed by atoms with Gasteiger partial charge in [-0.2, -0.15) is 4.72 Å². The molecule has 3 aromatic rings. The summed E-state index contributed by atoms with van der Waals surface area (Å²) in [6, 6.07) is 14.7. The van der Waals surface area contributed by atoms with Gasteiger partial charge < -0.3 is 18.8 Å². The number of aryl methyl sites for hydroxylation is 1. The number of Topliss-reactive ketones (excluding diaryl/α,β-unsaturated/α-hetero) is 1. The van der Waals surface area contributed by atoms with E-state index in [1.165, 1.54) is 18.2 Å². The Balaban J connectivity index is 1.43. The molecule has 0 saturated carbocycles. The number of rotatable bonds is 10. The first-order valence-electron chi connectivity index (χ1n) is 12.4. The third kappa shape index (κ3) is 6.08. The molecule has 1 aliphatic rings. The number of esters is 1. The highest BCUT2D eigenvalue weighted by Gasteiger charge is 2.31. The quantitative estimate of drug-likeness (QED) is 0.309. The first-order valence-corrected chi connectivity index (χ1v) is 13.9. The molecule has 1 aliphatic heterocycles. The molecule has 2 aromatic carbocycles. The van der Waals surface area contributed by atoms with Crippen LogP contribution in [0.4, 0.5) is 0 Å². The van der Waals surface area contributed by atoms with Crippen molar-refractivity contribution in [3.05, 3.63) is 77.1 Å². The summed E-state index contributed by atoms with van der Waals surface area (Å²) in [7, 11) is -4.09. The molecule has 38 heavy (non-hydrogen) atoms. The van der Waals surface area contributed by atoms with Crippen molar-refractivity contribution in [1.29, 1.82) is 0 Å². The number of nitrogens with one attached hydrogen (secondary N) is 1. The number of nitrogens with zero attached hydrogens (tertiary/aromatic N) is 1. The fraction of sp³-hybridized carbons (Fsp3) is 0.357. The van der Waals surface area contributed by atoms with Gasteiger partial charge in [-0.3, -0.25) is 9.59 Å². The second-order valence-electron chi connectivity index (χ2n) is 9.54. The van der Waals surface area contributed by atoms with Gasteiger partial charge in [0.15, 0.2) is 18.1 Å². The molecule has 1 N–H and O–H groups in total. The Morgan fingerprint density at radius 2 is 1.68 bits per heavy atom. The number of hydrogen-bond acceptors (Lipinski definition) is 7.